The molecule has 0 unspecified atom stereocenters. The van der Waals surface area contributed by atoms with E-state index in [0.29, 0.717) is 12.3 Å². The van der Waals surface area contributed by atoms with Crippen molar-refractivity contribution in [1.29, 1.82) is 0 Å². The maximum Gasteiger partial charge on any atom is 0.233 e. The number of carbonyl (C=O) groups excluding carboxylic acids is 2. The number of nitrogens with one attached hydrogen (secondary N) is 2. The van der Waals surface area contributed by atoms with E-state index >= 15 is 0 Å². The summed E-state index contributed by atoms with van der Waals surface area (Å²) >= 11 is 1.31. The van der Waals surface area contributed by atoms with Crippen LogP contribution in [0.15, 0.2) is 12.7 Å². The molecule has 0 aliphatic rings. The first-order valence-corrected chi connectivity index (χ1v) is 5.37. The van der Waals surface area contributed by atoms with Crippen LogP contribution in [0.4, 0.5) is 0 Å². The Morgan fingerprint density at radius 3 is 2.71 bits per heavy atom. The molecule has 0 aromatic heterocycles. The van der Waals surface area contributed by atoms with E-state index in [1.807, 2.05) is 0 Å². The molecule has 2 N–H and O–H groups in total. The van der Waals surface area contributed by atoms with E-state index in [1.54, 1.807) is 20.0 Å². The molecule has 0 saturated heterocycles. The number of hydrogen-bond acceptors (Lipinski definition) is 3. The molecule has 80 valence electrons. The minimum Gasteiger partial charge on any atom is -0.358 e. The molecule has 4 nitrogen and oxygen atoms in total. The third kappa shape index (κ3) is 5.64. The molecule has 5 heteroatoms. The minimum atomic E-state index is -0.216. The second-order valence-corrected chi connectivity index (χ2v) is 3.99. The quantitative estimate of drug-likeness (QED) is 0.622. The van der Waals surface area contributed by atoms with Crippen molar-refractivity contribution in [1.82, 2.24) is 10.6 Å². The van der Waals surface area contributed by atoms with Gasteiger partial charge in [-0.1, -0.05) is 6.08 Å². The van der Waals surface area contributed by atoms with Crippen LogP contribution in [0.3, 0.4) is 0 Å². The lowest BCUT2D eigenvalue weighted by atomic mass is 10.4. The Labute approximate surface area is 88.5 Å². The van der Waals surface area contributed by atoms with Crippen LogP contribution in [-0.4, -0.2) is 36.4 Å². The lowest BCUT2D eigenvalue weighted by Gasteiger charge is -2.09. The van der Waals surface area contributed by atoms with Gasteiger partial charge in [-0.15, -0.1) is 18.3 Å². The minimum absolute atomic E-state index is 0.0706. The summed E-state index contributed by atoms with van der Waals surface area (Å²) in [5.41, 5.74) is 0. The van der Waals surface area contributed by atoms with Gasteiger partial charge >= 0.3 is 0 Å². The van der Waals surface area contributed by atoms with Gasteiger partial charge in [-0.3, -0.25) is 9.59 Å². The van der Waals surface area contributed by atoms with Gasteiger partial charge in [0.05, 0.1) is 11.0 Å². The Balaban J connectivity index is 3.71. The predicted octanol–water partition coefficient (Wildman–Crippen LogP) is 0.156. The SMILES string of the molecule is C=CCNC(=O)[C@H](C)SCC(=O)NC. The Kier molecular flexibility index (Phi) is 6.92. The molecular formula is C9H16N2O2S. The number of carbonyl (C=O) groups is 2. The molecule has 0 aliphatic carbocycles. The molecule has 0 aromatic carbocycles. The molecule has 2 amide bonds. The second kappa shape index (κ2) is 7.44. The number of rotatable bonds is 6. The molecule has 0 radical (unpaired) electrons. The molecule has 14 heavy (non-hydrogen) atoms. The van der Waals surface area contributed by atoms with Gasteiger partial charge < -0.3 is 10.6 Å². The fourth-order valence-corrected chi connectivity index (χ4v) is 1.45. The van der Waals surface area contributed by atoms with E-state index in [2.05, 4.69) is 17.2 Å². The standard InChI is InChI=1S/C9H16N2O2S/c1-4-5-11-9(13)7(2)14-6-8(12)10-3/h4,7H,1,5-6H2,2-3H3,(H,10,12)(H,11,13)/t7-/m0/s1. The largest absolute Gasteiger partial charge is 0.358 e. The summed E-state index contributed by atoms with van der Waals surface area (Å²) in [6.45, 7) is 5.73. The molecule has 0 bridgehead atoms. The first-order valence-electron chi connectivity index (χ1n) is 4.32. The third-order valence-electron chi connectivity index (χ3n) is 1.53. The summed E-state index contributed by atoms with van der Waals surface area (Å²) in [4.78, 5) is 22.2. The van der Waals surface area contributed by atoms with Crippen LogP contribution >= 0.6 is 11.8 Å². The third-order valence-corrected chi connectivity index (χ3v) is 2.68. The lowest BCUT2D eigenvalue weighted by Crippen LogP contribution is -2.32. The molecule has 0 spiro atoms. The zero-order valence-electron chi connectivity index (χ0n) is 8.50. The van der Waals surface area contributed by atoms with Crippen molar-refractivity contribution in [3.05, 3.63) is 12.7 Å². The van der Waals surface area contributed by atoms with Crippen LogP contribution in [0.5, 0.6) is 0 Å². The molecule has 0 aromatic rings. The van der Waals surface area contributed by atoms with Crippen molar-refractivity contribution in [2.24, 2.45) is 0 Å². The van der Waals surface area contributed by atoms with E-state index in [-0.39, 0.29) is 17.1 Å². The zero-order valence-corrected chi connectivity index (χ0v) is 9.32. The van der Waals surface area contributed by atoms with E-state index < -0.39 is 0 Å². The summed E-state index contributed by atoms with van der Waals surface area (Å²) < 4.78 is 0. The molecule has 0 aliphatic heterocycles. The Morgan fingerprint density at radius 2 is 2.21 bits per heavy atom. The molecule has 0 saturated carbocycles. The molecular weight excluding hydrogens is 200 g/mol. The highest BCUT2D eigenvalue weighted by molar-refractivity contribution is 8.01. The van der Waals surface area contributed by atoms with Gasteiger partial charge in [-0.25, -0.2) is 0 Å². The van der Waals surface area contributed by atoms with Crippen LogP contribution in [0.2, 0.25) is 0 Å². The van der Waals surface area contributed by atoms with Crippen LogP contribution in [0.1, 0.15) is 6.92 Å². The van der Waals surface area contributed by atoms with Crippen LogP contribution in [0.25, 0.3) is 0 Å². The molecule has 0 rings (SSSR count). The van der Waals surface area contributed by atoms with Crippen molar-refractivity contribution < 1.29 is 9.59 Å². The normalized spacial score (nSPS) is 11.6. The van der Waals surface area contributed by atoms with Crippen LogP contribution in [-0.2, 0) is 9.59 Å². The van der Waals surface area contributed by atoms with E-state index in [4.69, 9.17) is 0 Å². The first kappa shape index (κ1) is 13.0. The smallest absolute Gasteiger partial charge is 0.233 e. The summed E-state index contributed by atoms with van der Waals surface area (Å²) in [6, 6.07) is 0. The Morgan fingerprint density at radius 1 is 1.57 bits per heavy atom. The van der Waals surface area contributed by atoms with E-state index in [1.165, 1.54) is 11.8 Å². The van der Waals surface area contributed by atoms with Crippen molar-refractivity contribution in [3.8, 4) is 0 Å². The fraction of sp³-hybridized carbons (Fsp3) is 0.556. The van der Waals surface area contributed by atoms with Gasteiger partial charge in [0.1, 0.15) is 0 Å². The zero-order chi connectivity index (χ0) is 11.0. The maximum absolute atomic E-state index is 11.3. The van der Waals surface area contributed by atoms with Gasteiger partial charge in [0.15, 0.2) is 0 Å². The summed E-state index contributed by atoms with van der Waals surface area (Å²) in [7, 11) is 1.57. The number of amides is 2. The molecule has 1 atom stereocenters. The monoisotopic (exact) mass is 216 g/mol. The van der Waals surface area contributed by atoms with Gasteiger partial charge in [0.25, 0.3) is 0 Å². The topological polar surface area (TPSA) is 58.2 Å². The van der Waals surface area contributed by atoms with Crippen molar-refractivity contribution in [3.63, 3.8) is 0 Å². The van der Waals surface area contributed by atoms with Crippen molar-refractivity contribution >= 4 is 23.6 Å². The average molecular weight is 216 g/mol. The Hall–Kier alpha value is -0.970. The first-order chi connectivity index (χ1) is 6.61. The molecule has 0 heterocycles. The average Bonchev–Trinajstić information content (AvgIpc) is 2.21. The highest BCUT2D eigenvalue weighted by Crippen LogP contribution is 2.09. The van der Waals surface area contributed by atoms with Crippen LogP contribution < -0.4 is 10.6 Å². The summed E-state index contributed by atoms with van der Waals surface area (Å²) in [5, 5.41) is 4.94. The van der Waals surface area contributed by atoms with Crippen LogP contribution in [0, 0.1) is 0 Å². The van der Waals surface area contributed by atoms with Crippen molar-refractivity contribution in [2.45, 2.75) is 12.2 Å². The predicted molar refractivity (Wildman–Crippen MR) is 59.2 cm³/mol. The lowest BCUT2D eigenvalue weighted by molar-refractivity contribution is -0.120. The van der Waals surface area contributed by atoms with Gasteiger partial charge in [0, 0.05) is 13.6 Å². The highest BCUT2D eigenvalue weighted by Gasteiger charge is 2.13. The number of hydrogen-bond donors (Lipinski definition) is 2. The van der Waals surface area contributed by atoms with E-state index in [9.17, 15) is 9.59 Å². The molecule has 0 fully saturated rings. The summed E-state index contributed by atoms with van der Waals surface area (Å²) in [5.74, 6) is 0.163. The van der Waals surface area contributed by atoms with Gasteiger partial charge in [-0.2, -0.15) is 0 Å². The highest BCUT2D eigenvalue weighted by atomic mass is 32.2. The second-order valence-electron chi connectivity index (χ2n) is 2.66. The number of thioether (sulfide) groups is 1. The van der Waals surface area contributed by atoms with E-state index in [0.717, 1.165) is 0 Å². The fourth-order valence-electron chi connectivity index (χ4n) is 0.665. The Bertz CT molecular complexity index is 219. The van der Waals surface area contributed by atoms with Gasteiger partial charge in [-0.05, 0) is 6.92 Å². The maximum atomic E-state index is 11.3. The van der Waals surface area contributed by atoms with Gasteiger partial charge in [0.2, 0.25) is 11.8 Å². The van der Waals surface area contributed by atoms with Crippen molar-refractivity contribution in [2.75, 3.05) is 19.3 Å². The summed E-state index contributed by atoms with van der Waals surface area (Å²) in [6.07, 6.45) is 1.62.